The highest BCUT2D eigenvalue weighted by molar-refractivity contribution is 5.72. The number of aliphatic hydroxyl groups excluding tert-OH is 1. The summed E-state index contributed by atoms with van der Waals surface area (Å²) in [5.74, 6) is 0.642. The summed E-state index contributed by atoms with van der Waals surface area (Å²) in [6.45, 7) is 2.70. The van der Waals surface area contributed by atoms with E-state index in [0.717, 1.165) is 25.9 Å². The molecule has 0 saturated carbocycles. The zero-order chi connectivity index (χ0) is 13.2. The van der Waals surface area contributed by atoms with Crippen LogP contribution in [0.5, 0.6) is 0 Å². The predicted molar refractivity (Wildman–Crippen MR) is 69.1 cm³/mol. The molecular formula is C14H17FN2O2. The molecule has 1 N–H and O–H groups in total. The smallest absolute Gasteiger partial charge is 0.209 e. The Kier molecular flexibility index (Phi) is 3.48. The summed E-state index contributed by atoms with van der Waals surface area (Å²) >= 11 is 0. The van der Waals surface area contributed by atoms with Gasteiger partial charge in [0.05, 0.1) is 6.54 Å². The Bertz CT molecular complexity index is 570. The van der Waals surface area contributed by atoms with E-state index in [1.807, 2.05) is 0 Å². The summed E-state index contributed by atoms with van der Waals surface area (Å²) in [7, 11) is 0. The van der Waals surface area contributed by atoms with Gasteiger partial charge in [0.15, 0.2) is 5.58 Å². The lowest BCUT2D eigenvalue weighted by Gasteiger charge is -2.30. The van der Waals surface area contributed by atoms with Gasteiger partial charge in [-0.15, -0.1) is 0 Å². The first kappa shape index (κ1) is 12.6. The molecule has 0 bridgehead atoms. The molecule has 3 rings (SSSR count). The largest absolute Gasteiger partial charge is 0.439 e. The average Bonchev–Trinajstić information content (AvgIpc) is 2.80. The minimum Gasteiger partial charge on any atom is -0.439 e. The predicted octanol–water partition coefficient (Wildman–Crippen LogP) is 2.17. The lowest BCUT2D eigenvalue weighted by molar-refractivity contribution is 0.109. The molecule has 1 saturated heterocycles. The first-order chi connectivity index (χ1) is 9.24. The van der Waals surface area contributed by atoms with E-state index in [1.165, 1.54) is 12.1 Å². The van der Waals surface area contributed by atoms with Crippen LogP contribution in [0.15, 0.2) is 22.6 Å². The number of nitrogens with zero attached hydrogens (tertiary/aromatic N) is 2. The van der Waals surface area contributed by atoms with Crippen LogP contribution in [0.2, 0.25) is 0 Å². The quantitative estimate of drug-likeness (QED) is 0.923. The molecule has 1 fully saturated rings. The van der Waals surface area contributed by atoms with E-state index >= 15 is 0 Å². The molecule has 1 aliphatic rings. The van der Waals surface area contributed by atoms with Crippen molar-refractivity contribution in [1.29, 1.82) is 0 Å². The Morgan fingerprint density at radius 2 is 2.37 bits per heavy atom. The molecule has 0 spiro atoms. The van der Waals surface area contributed by atoms with Gasteiger partial charge in [-0.3, -0.25) is 4.90 Å². The molecule has 2 aromatic rings. The van der Waals surface area contributed by atoms with E-state index in [4.69, 9.17) is 4.42 Å². The average molecular weight is 264 g/mol. The van der Waals surface area contributed by atoms with Crippen molar-refractivity contribution in [3.8, 4) is 0 Å². The Morgan fingerprint density at radius 3 is 3.21 bits per heavy atom. The number of rotatable bonds is 3. The molecule has 0 amide bonds. The van der Waals surface area contributed by atoms with Gasteiger partial charge in [0, 0.05) is 19.2 Å². The number of likely N-dealkylation sites (tertiary alicyclic amines) is 1. The molecule has 1 atom stereocenters. The molecule has 1 aromatic carbocycles. The second-order valence-corrected chi connectivity index (χ2v) is 5.15. The Hall–Kier alpha value is -1.46. The molecule has 102 valence electrons. The molecule has 2 heterocycles. The molecule has 19 heavy (non-hydrogen) atoms. The van der Waals surface area contributed by atoms with Gasteiger partial charge >= 0.3 is 0 Å². The molecule has 1 aromatic heterocycles. The highest BCUT2D eigenvalue weighted by Gasteiger charge is 2.20. The van der Waals surface area contributed by atoms with Crippen LogP contribution in [0.1, 0.15) is 18.7 Å². The SMILES string of the molecule is OCC1CCCN(Cc2nc3ccc(F)cc3o2)C1. The molecule has 1 unspecified atom stereocenters. The second-order valence-electron chi connectivity index (χ2n) is 5.15. The highest BCUT2D eigenvalue weighted by Crippen LogP contribution is 2.21. The third-order valence-corrected chi connectivity index (χ3v) is 3.61. The Labute approximate surface area is 110 Å². The minimum absolute atomic E-state index is 0.231. The van der Waals surface area contributed by atoms with Gasteiger partial charge in [-0.2, -0.15) is 0 Å². The van der Waals surface area contributed by atoms with Crippen LogP contribution in [0.25, 0.3) is 11.1 Å². The van der Waals surface area contributed by atoms with Crippen molar-refractivity contribution in [2.75, 3.05) is 19.7 Å². The fourth-order valence-electron chi connectivity index (χ4n) is 2.65. The summed E-state index contributed by atoms with van der Waals surface area (Å²) in [6.07, 6.45) is 2.16. The number of halogens is 1. The minimum atomic E-state index is -0.312. The van der Waals surface area contributed by atoms with Crippen molar-refractivity contribution in [3.05, 3.63) is 29.9 Å². The maximum atomic E-state index is 13.1. The zero-order valence-corrected chi connectivity index (χ0v) is 10.7. The third-order valence-electron chi connectivity index (χ3n) is 3.61. The fourth-order valence-corrected chi connectivity index (χ4v) is 2.65. The fraction of sp³-hybridized carbons (Fsp3) is 0.500. The van der Waals surface area contributed by atoms with Gasteiger partial charge < -0.3 is 9.52 Å². The van der Waals surface area contributed by atoms with Gasteiger partial charge in [0.2, 0.25) is 5.89 Å². The van der Waals surface area contributed by atoms with E-state index in [2.05, 4.69) is 9.88 Å². The summed E-state index contributed by atoms with van der Waals surface area (Å²) in [5, 5.41) is 9.21. The Balaban J connectivity index is 1.74. The van der Waals surface area contributed by atoms with Crippen LogP contribution in [0, 0.1) is 11.7 Å². The summed E-state index contributed by atoms with van der Waals surface area (Å²) in [6, 6.07) is 4.38. The first-order valence-electron chi connectivity index (χ1n) is 6.63. The summed E-state index contributed by atoms with van der Waals surface area (Å²) in [4.78, 5) is 6.59. The van der Waals surface area contributed by atoms with Crippen molar-refractivity contribution in [2.45, 2.75) is 19.4 Å². The number of hydrogen-bond acceptors (Lipinski definition) is 4. The molecule has 0 radical (unpaired) electrons. The zero-order valence-electron chi connectivity index (χ0n) is 10.7. The van der Waals surface area contributed by atoms with Crippen molar-refractivity contribution in [1.82, 2.24) is 9.88 Å². The number of hydrogen-bond donors (Lipinski definition) is 1. The van der Waals surface area contributed by atoms with Crippen molar-refractivity contribution in [3.63, 3.8) is 0 Å². The number of benzene rings is 1. The lowest BCUT2D eigenvalue weighted by atomic mass is 9.99. The van der Waals surface area contributed by atoms with Crippen LogP contribution in [-0.2, 0) is 6.54 Å². The maximum absolute atomic E-state index is 13.1. The summed E-state index contributed by atoms with van der Waals surface area (Å²) < 4.78 is 18.6. The molecule has 4 nitrogen and oxygen atoms in total. The topological polar surface area (TPSA) is 49.5 Å². The number of aromatic nitrogens is 1. The van der Waals surface area contributed by atoms with E-state index in [-0.39, 0.29) is 12.4 Å². The first-order valence-corrected chi connectivity index (χ1v) is 6.63. The lowest BCUT2D eigenvalue weighted by Crippen LogP contribution is -2.36. The second kappa shape index (κ2) is 5.27. The van der Waals surface area contributed by atoms with Crippen LogP contribution in [0.4, 0.5) is 4.39 Å². The summed E-state index contributed by atoms with van der Waals surface area (Å²) in [5.41, 5.74) is 1.18. The van der Waals surface area contributed by atoms with Crippen molar-refractivity contribution in [2.24, 2.45) is 5.92 Å². The molecule has 1 aliphatic heterocycles. The van der Waals surface area contributed by atoms with Crippen LogP contribution >= 0.6 is 0 Å². The van der Waals surface area contributed by atoms with Gasteiger partial charge in [0.25, 0.3) is 0 Å². The standard InChI is InChI=1S/C14H17FN2O2/c15-11-3-4-12-13(6-11)19-14(16-12)8-17-5-1-2-10(7-17)9-18/h3-4,6,10,18H,1-2,5,7-9H2. The number of fused-ring (bicyclic) bond motifs is 1. The van der Waals surface area contributed by atoms with E-state index < -0.39 is 0 Å². The monoisotopic (exact) mass is 264 g/mol. The van der Waals surface area contributed by atoms with Crippen LogP contribution in [-0.4, -0.2) is 34.7 Å². The highest BCUT2D eigenvalue weighted by atomic mass is 19.1. The van der Waals surface area contributed by atoms with Crippen LogP contribution in [0.3, 0.4) is 0 Å². The molecule has 5 heteroatoms. The van der Waals surface area contributed by atoms with E-state index in [1.54, 1.807) is 6.07 Å². The van der Waals surface area contributed by atoms with E-state index in [0.29, 0.717) is 29.5 Å². The van der Waals surface area contributed by atoms with Crippen molar-refractivity contribution >= 4 is 11.1 Å². The normalized spacial score (nSPS) is 21.1. The molecular weight excluding hydrogens is 247 g/mol. The maximum Gasteiger partial charge on any atom is 0.209 e. The number of piperidine rings is 1. The van der Waals surface area contributed by atoms with Gasteiger partial charge in [0.1, 0.15) is 11.3 Å². The van der Waals surface area contributed by atoms with E-state index in [9.17, 15) is 9.50 Å². The number of aliphatic hydroxyl groups is 1. The van der Waals surface area contributed by atoms with Crippen LogP contribution < -0.4 is 0 Å². The van der Waals surface area contributed by atoms with Crippen molar-refractivity contribution < 1.29 is 13.9 Å². The van der Waals surface area contributed by atoms with Gasteiger partial charge in [-0.1, -0.05) is 0 Å². The van der Waals surface area contributed by atoms with Gasteiger partial charge in [-0.05, 0) is 37.4 Å². The Morgan fingerprint density at radius 1 is 1.47 bits per heavy atom. The number of oxazole rings is 1. The van der Waals surface area contributed by atoms with Gasteiger partial charge in [-0.25, -0.2) is 9.37 Å². The molecule has 0 aliphatic carbocycles. The third kappa shape index (κ3) is 2.77.